The molecule has 1 unspecified atom stereocenters. The fourth-order valence-electron chi connectivity index (χ4n) is 1.18. The molecule has 2 rings (SSSR count). The molecule has 0 amide bonds. The summed E-state index contributed by atoms with van der Waals surface area (Å²) in [5.41, 5.74) is 1.73. The van der Waals surface area contributed by atoms with E-state index in [2.05, 4.69) is 41.5 Å². The minimum atomic E-state index is 0.307. The molecule has 0 aliphatic carbocycles. The van der Waals surface area contributed by atoms with E-state index in [1.54, 1.807) is 5.51 Å². The van der Waals surface area contributed by atoms with Gasteiger partial charge in [0.1, 0.15) is 5.51 Å². The Hall–Kier alpha value is -0.940. The smallest absolute Gasteiger partial charge is 0.205 e. The first-order chi connectivity index (χ1) is 6.75. The van der Waals surface area contributed by atoms with Gasteiger partial charge in [-0.2, -0.15) is 0 Å². The van der Waals surface area contributed by atoms with E-state index in [0.29, 0.717) is 6.04 Å². The van der Waals surface area contributed by atoms with E-state index in [1.807, 2.05) is 11.3 Å². The van der Waals surface area contributed by atoms with E-state index >= 15 is 0 Å². The zero-order valence-corrected chi connectivity index (χ0v) is 9.65. The molecule has 3 nitrogen and oxygen atoms in total. The summed E-state index contributed by atoms with van der Waals surface area (Å²) in [4.78, 5) is 2.67. The third kappa shape index (κ3) is 2.10. The van der Waals surface area contributed by atoms with Crippen LogP contribution in [0.3, 0.4) is 0 Å². The molecule has 14 heavy (non-hydrogen) atoms. The number of rotatable bonds is 3. The summed E-state index contributed by atoms with van der Waals surface area (Å²) in [5, 5.41) is 11.9. The normalized spacial score (nSPS) is 12.7. The van der Waals surface area contributed by atoms with Crippen LogP contribution in [0.15, 0.2) is 17.6 Å². The van der Waals surface area contributed by atoms with E-state index in [4.69, 9.17) is 0 Å². The number of aryl methyl sites for hydroxylation is 1. The number of thiophene rings is 1. The molecule has 0 radical (unpaired) electrons. The second-order valence-electron chi connectivity index (χ2n) is 3.06. The van der Waals surface area contributed by atoms with Crippen LogP contribution >= 0.6 is 22.7 Å². The van der Waals surface area contributed by atoms with Gasteiger partial charge < -0.3 is 5.32 Å². The molecule has 1 N–H and O–H groups in total. The van der Waals surface area contributed by atoms with Gasteiger partial charge in [0.25, 0.3) is 0 Å². The van der Waals surface area contributed by atoms with Gasteiger partial charge in [-0.05, 0) is 26.0 Å². The van der Waals surface area contributed by atoms with Crippen LogP contribution in [-0.2, 0) is 0 Å². The number of hydrogen-bond acceptors (Lipinski definition) is 5. The van der Waals surface area contributed by atoms with E-state index in [9.17, 15) is 0 Å². The summed E-state index contributed by atoms with van der Waals surface area (Å²) in [6.07, 6.45) is 0. The molecule has 0 aliphatic heterocycles. The predicted octanol–water partition coefficient (Wildman–Crippen LogP) is 3.08. The van der Waals surface area contributed by atoms with Crippen molar-refractivity contribution in [2.75, 3.05) is 5.32 Å². The van der Waals surface area contributed by atoms with Gasteiger partial charge in [-0.3, -0.25) is 0 Å². The van der Waals surface area contributed by atoms with Crippen molar-refractivity contribution in [3.05, 3.63) is 27.4 Å². The maximum Gasteiger partial charge on any atom is 0.205 e. The number of anilines is 1. The Morgan fingerprint density at radius 1 is 1.43 bits per heavy atom. The molecule has 2 heterocycles. The van der Waals surface area contributed by atoms with Crippen molar-refractivity contribution in [3.63, 3.8) is 0 Å². The van der Waals surface area contributed by atoms with Crippen molar-refractivity contribution in [2.45, 2.75) is 19.9 Å². The largest absolute Gasteiger partial charge is 0.353 e. The second kappa shape index (κ2) is 4.06. The fourth-order valence-corrected chi connectivity index (χ4v) is 2.59. The zero-order valence-electron chi connectivity index (χ0n) is 8.02. The Morgan fingerprint density at radius 3 is 2.86 bits per heavy atom. The topological polar surface area (TPSA) is 37.8 Å². The molecule has 74 valence electrons. The third-order valence-corrected chi connectivity index (χ3v) is 3.69. The summed E-state index contributed by atoms with van der Waals surface area (Å²) in [6.45, 7) is 4.25. The third-order valence-electron chi connectivity index (χ3n) is 1.89. The summed E-state index contributed by atoms with van der Waals surface area (Å²) < 4.78 is 0. The molecule has 0 aromatic carbocycles. The summed E-state index contributed by atoms with van der Waals surface area (Å²) >= 11 is 3.34. The van der Waals surface area contributed by atoms with Crippen LogP contribution in [0.4, 0.5) is 5.13 Å². The van der Waals surface area contributed by atoms with Crippen molar-refractivity contribution in [2.24, 2.45) is 0 Å². The van der Waals surface area contributed by atoms with Gasteiger partial charge in [-0.1, -0.05) is 11.3 Å². The van der Waals surface area contributed by atoms with Gasteiger partial charge in [-0.25, -0.2) is 0 Å². The van der Waals surface area contributed by atoms with Crippen LogP contribution in [0, 0.1) is 6.92 Å². The molecule has 5 heteroatoms. The van der Waals surface area contributed by atoms with Crippen LogP contribution in [-0.4, -0.2) is 10.2 Å². The highest BCUT2D eigenvalue weighted by atomic mass is 32.1. The Labute approximate surface area is 90.8 Å². The summed E-state index contributed by atoms with van der Waals surface area (Å²) in [5.74, 6) is 0. The lowest BCUT2D eigenvalue weighted by Crippen LogP contribution is -2.04. The molecule has 1 atom stereocenters. The standard InChI is InChI=1S/C9H11N3S2/c1-6-3-4-8(14-6)7(2)11-9-12-10-5-13-9/h3-5,7H,1-2H3,(H,11,12). The minimum absolute atomic E-state index is 0.307. The first-order valence-electron chi connectivity index (χ1n) is 4.35. The zero-order chi connectivity index (χ0) is 9.97. The number of nitrogens with zero attached hydrogens (tertiary/aromatic N) is 2. The maximum atomic E-state index is 3.95. The number of aromatic nitrogens is 2. The highest BCUT2D eigenvalue weighted by molar-refractivity contribution is 7.13. The molecule has 0 spiro atoms. The van der Waals surface area contributed by atoms with Gasteiger partial charge in [0.2, 0.25) is 5.13 Å². The SMILES string of the molecule is Cc1ccc(C(C)Nc2nncs2)s1. The monoisotopic (exact) mass is 225 g/mol. The van der Waals surface area contributed by atoms with Crippen molar-refractivity contribution in [1.29, 1.82) is 0 Å². The lowest BCUT2D eigenvalue weighted by atomic mass is 10.3. The highest BCUT2D eigenvalue weighted by Crippen LogP contribution is 2.25. The Balaban J connectivity index is 2.06. The lowest BCUT2D eigenvalue weighted by molar-refractivity contribution is 0.894. The quantitative estimate of drug-likeness (QED) is 0.872. The first kappa shape index (κ1) is 9.61. The van der Waals surface area contributed by atoms with Crippen molar-refractivity contribution >= 4 is 27.8 Å². The second-order valence-corrected chi connectivity index (χ2v) is 5.21. The van der Waals surface area contributed by atoms with Gasteiger partial charge in [0.15, 0.2) is 0 Å². The number of hydrogen-bond donors (Lipinski definition) is 1. The van der Waals surface area contributed by atoms with Crippen LogP contribution in [0.1, 0.15) is 22.7 Å². The van der Waals surface area contributed by atoms with E-state index < -0.39 is 0 Å². The molecule has 0 fully saturated rings. The van der Waals surface area contributed by atoms with E-state index in [1.165, 1.54) is 21.1 Å². The predicted molar refractivity (Wildman–Crippen MR) is 61.0 cm³/mol. The molecule has 0 saturated carbocycles. The summed E-state index contributed by atoms with van der Waals surface area (Å²) in [7, 11) is 0. The van der Waals surface area contributed by atoms with Gasteiger partial charge in [0.05, 0.1) is 6.04 Å². The first-order valence-corrected chi connectivity index (χ1v) is 6.04. The average molecular weight is 225 g/mol. The van der Waals surface area contributed by atoms with Crippen LogP contribution in [0.25, 0.3) is 0 Å². The molecule has 2 aromatic rings. The fraction of sp³-hybridized carbons (Fsp3) is 0.333. The number of nitrogens with one attached hydrogen (secondary N) is 1. The average Bonchev–Trinajstić information content (AvgIpc) is 2.75. The van der Waals surface area contributed by atoms with Crippen molar-refractivity contribution < 1.29 is 0 Å². The van der Waals surface area contributed by atoms with Gasteiger partial charge >= 0.3 is 0 Å². The van der Waals surface area contributed by atoms with E-state index in [-0.39, 0.29) is 0 Å². The van der Waals surface area contributed by atoms with Crippen LogP contribution < -0.4 is 5.32 Å². The summed E-state index contributed by atoms with van der Waals surface area (Å²) in [6, 6.07) is 4.60. The molecular formula is C9H11N3S2. The van der Waals surface area contributed by atoms with Crippen LogP contribution in [0.5, 0.6) is 0 Å². The highest BCUT2D eigenvalue weighted by Gasteiger charge is 2.08. The Kier molecular flexibility index (Phi) is 2.79. The Bertz CT molecular complexity index is 394. The maximum absolute atomic E-state index is 3.95. The lowest BCUT2D eigenvalue weighted by Gasteiger charge is -2.09. The molecular weight excluding hydrogens is 214 g/mol. The molecule has 0 saturated heterocycles. The Morgan fingerprint density at radius 2 is 2.29 bits per heavy atom. The minimum Gasteiger partial charge on any atom is -0.353 e. The molecule has 0 aliphatic rings. The van der Waals surface area contributed by atoms with Crippen molar-refractivity contribution in [1.82, 2.24) is 10.2 Å². The molecule has 2 aromatic heterocycles. The van der Waals surface area contributed by atoms with E-state index in [0.717, 1.165) is 5.13 Å². The van der Waals surface area contributed by atoms with Crippen LogP contribution in [0.2, 0.25) is 0 Å². The molecule has 0 bridgehead atoms. The van der Waals surface area contributed by atoms with Gasteiger partial charge in [0, 0.05) is 9.75 Å². The van der Waals surface area contributed by atoms with Gasteiger partial charge in [-0.15, -0.1) is 21.5 Å². The van der Waals surface area contributed by atoms with Crippen molar-refractivity contribution in [3.8, 4) is 0 Å².